The summed E-state index contributed by atoms with van der Waals surface area (Å²) in [4.78, 5) is 22.3. The Morgan fingerprint density at radius 1 is 1.15 bits per heavy atom. The zero-order valence-corrected chi connectivity index (χ0v) is 18.4. The Bertz CT molecular complexity index is 1400. The molecule has 5 nitrogen and oxygen atoms in total. The lowest BCUT2D eigenvalue weighted by Crippen LogP contribution is -2.49. The quantitative estimate of drug-likeness (QED) is 0.419. The number of rotatable bonds is 6. The minimum atomic E-state index is -0.770. The van der Waals surface area contributed by atoms with Gasteiger partial charge in [-0.1, -0.05) is 48.6 Å². The van der Waals surface area contributed by atoms with Crippen LogP contribution in [-0.4, -0.2) is 39.0 Å². The molecule has 1 aliphatic carbocycles. The van der Waals surface area contributed by atoms with Gasteiger partial charge in [0.15, 0.2) is 0 Å². The number of benzene rings is 2. The van der Waals surface area contributed by atoms with Crippen LogP contribution in [0.4, 0.5) is 4.39 Å². The van der Waals surface area contributed by atoms with Crippen LogP contribution >= 0.6 is 11.3 Å². The molecule has 4 aromatic rings. The van der Waals surface area contributed by atoms with Crippen molar-refractivity contribution >= 4 is 27.5 Å². The van der Waals surface area contributed by atoms with Gasteiger partial charge in [-0.2, -0.15) is 0 Å². The number of hydrogen-bond donors (Lipinski definition) is 1. The number of hydrogen-bond acceptors (Lipinski definition) is 5. The van der Waals surface area contributed by atoms with Gasteiger partial charge in [0.2, 0.25) is 0 Å². The van der Waals surface area contributed by atoms with Crippen molar-refractivity contribution < 1.29 is 14.3 Å². The summed E-state index contributed by atoms with van der Waals surface area (Å²) in [5, 5.41) is 9.63. The van der Waals surface area contributed by atoms with Crippen LogP contribution in [0.25, 0.3) is 20.8 Å². The number of carboxylic acids is 1. The van der Waals surface area contributed by atoms with E-state index in [0.29, 0.717) is 30.2 Å². The van der Waals surface area contributed by atoms with E-state index < -0.39 is 5.97 Å². The highest BCUT2D eigenvalue weighted by Gasteiger charge is 2.39. The number of nitrogens with zero attached hydrogens (tertiary/aromatic N) is 3. The lowest BCUT2D eigenvalue weighted by Gasteiger charge is -2.36. The van der Waals surface area contributed by atoms with Crippen LogP contribution in [0.1, 0.15) is 16.8 Å². The van der Waals surface area contributed by atoms with E-state index in [0.717, 1.165) is 21.5 Å². The third-order valence-electron chi connectivity index (χ3n) is 6.43. The van der Waals surface area contributed by atoms with Crippen molar-refractivity contribution in [3.05, 3.63) is 95.6 Å². The predicted molar refractivity (Wildman–Crippen MR) is 126 cm³/mol. The van der Waals surface area contributed by atoms with E-state index in [1.54, 1.807) is 12.3 Å². The molecule has 1 aliphatic heterocycles. The van der Waals surface area contributed by atoms with Crippen molar-refractivity contribution in [3.63, 3.8) is 0 Å². The van der Waals surface area contributed by atoms with Crippen LogP contribution in [0.5, 0.6) is 0 Å². The van der Waals surface area contributed by atoms with E-state index in [4.69, 9.17) is 5.11 Å². The number of pyridine rings is 1. The van der Waals surface area contributed by atoms with Crippen molar-refractivity contribution in [1.82, 2.24) is 14.9 Å². The highest BCUT2D eigenvalue weighted by atomic mass is 32.1. The topological polar surface area (TPSA) is 66.3 Å². The van der Waals surface area contributed by atoms with E-state index in [2.05, 4.69) is 40.3 Å². The second-order valence-electron chi connectivity index (χ2n) is 8.67. The summed E-state index contributed by atoms with van der Waals surface area (Å²) in [5.41, 5.74) is 3.92. The fourth-order valence-corrected chi connectivity index (χ4v) is 5.43. The maximum atomic E-state index is 15.0. The van der Waals surface area contributed by atoms with E-state index in [1.807, 2.05) is 29.2 Å². The second kappa shape index (κ2) is 7.57. The largest absolute Gasteiger partial charge is 0.481 e. The predicted octanol–water partition coefficient (Wildman–Crippen LogP) is 4.87. The van der Waals surface area contributed by atoms with Crippen molar-refractivity contribution in [2.75, 3.05) is 13.1 Å². The van der Waals surface area contributed by atoms with Crippen molar-refractivity contribution in [1.29, 1.82) is 0 Å². The van der Waals surface area contributed by atoms with Crippen molar-refractivity contribution in [2.45, 2.75) is 12.0 Å². The molecule has 3 heterocycles. The van der Waals surface area contributed by atoms with Gasteiger partial charge in [-0.3, -0.25) is 14.7 Å². The van der Waals surface area contributed by atoms with Crippen LogP contribution in [0.2, 0.25) is 0 Å². The average Bonchev–Trinajstić information content (AvgIpc) is 3.49. The van der Waals surface area contributed by atoms with Gasteiger partial charge in [0, 0.05) is 25.2 Å². The molecule has 2 aromatic carbocycles. The van der Waals surface area contributed by atoms with Gasteiger partial charge in [-0.15, -0.1) is 11.3 Å². The summed E-state index contributed by atoms with van der Waals surface area (Å²) < 4.78 is 15.9. The van der Waals surface area contributed by atoms with Crippen LogP contribution in [-0.2, 0) is 16.8 Å². The molecule has 1 N–H and O–H groups in total. The molecule has 0 saturated carbocycles. The first-order valence-corrected chi connectivity index (χ1v) is 11.6. The Labute approximate surface area is 193 Å². The summed E-state index contributed by atoms with van der Waals surface area (Å²) in [7, 11) is 0. The number of halogens is 1. The molecule has 0 radical (unpaired) electrons. The molecule has 2 aliphatic rings. The summed E-state index contributed by atoms with van der Waals surface area (Å²) in [5.74, 6) is -1.41. The minimum absolute atomic E-state index is 0.261. The van der Waals surface area contributed by atoms with Gasteiger partial charge in [0.25, 0.3) is 0 Å². The normalized spacial score (nSPS) is 17.2. The number of thiazole rings is 1. The summed E-state index contributed by atoms with van der Waals surface area (Å²) in [6.07, 6.45) is 6.06. The lowest BCUT2D eigenvalue weighted by atomic mass is 9.89. The molecule has 0 unspecified atom stereocenters. The second-order valence-corrected chi connectivity index (χ2v) is 9.70. The first-order chi connectivity index (χ1) is 16.0. The standard InChI is InChI=1S/C26H20FN3O2S/c27-20-10-16(13-30-14-17(15-30)25(31)32)6-7-19(20)24-29-21-12-28-23(11-22(21)33-24)26(8-9-26)18-4-2-1-3-5-18/h1-12,17H,13-15H2,(H,31,32). The smallest absolute Gasteiger partial charge is 0.309 e. The van der Waals surface area contributed by atoms with Gasteiger partial charge in [-0.05, 0) is 29.3 Å². The Morgan fingerprint density at radius 3 is 2.64 bits per heavy atom. The Morgan fingerprint density at radius 2 is 1.94 bits per heavy atom. The number of likely N-dealkylation sites (tertiary alicyclic amines) is 1. The Balaban J connectivity index is 1.25. The molecule has 0 bridgehead atoms. The van der Waals surface area contributed by atoms with Crippen LogP contribution in [0.3, 0.4) is 0 Å². The molecular weight excluding hydrogens is 437 g/mol. The maximum Gasteiger partial charge on any atom is 0.309 e. The molecule has 0 atom stereocenters. The van der Waals surface area contributed by atoms with Gasteiger partial charge < -0.3 is 5.11 Å². The first-order valence-electron chi connectivity index (χ1n) is 10.8. The average molecular weight is 458 g/mol. The molecule has 164 valence electrons. The van der Waals surface area contributed by atoms with Gasteiger partial charge in [0.1, 0.15) is 16.3 Å². The Kier molecular flexibility index (Phi) is 4.64. The van der Waals surface area contributed by atoms with E-state index in [-0.39, 0.29) is 17.2 Å². The molecule has 33 heavy (non-hydrogen) atoms. The van der Waals surface area contributed by atoms with Crippen LogP contribution < -0.4 is 0 Å². The molecular formula is C26H20FN3O2S. The number of allylic oxidation sites excluding steroid dienone is 2. The highest BCUT2D eigenvalue weighted by Crippen LogP contribution is 2.45. The molecule has 1 fully saturated rings. The van der Waals surface area contributed by atoms with Crippen molar-refractivity contribution in [3.8, 4) is 10.6 Å². The number of carbonyl (C=O) groups is 1. The highest BCUT2D eigenvalue weighted by molar-refractivity contribution is 7.21. The van der Waals surface area contributed by atoms with Crippen molar-refractivity contribution in [2.24, 2.45) is 5.92 Å². The molecule has 6 rings (SSSR count). The molecule has 1 saturated heterocycles. The summed E-state index contributed by atoms with van der Waals surface area (Å²) in [6, 6.07) is 17.5. The zero-order chi connectivity index (χ0) is 22.6. The lowest BCUT2D eigenvalue weighted by molar-refractivity contribution is -0.147. The number of aromatic nitrogens is 2. The van der Waals surface area contributed by atoms with Gasteiger partial charge in [-0.25, -0.2) is 9.37 Å². The maximum absolute atomic E-state index is 15.0. The van der Waals surface area contributed by atoms with E-state index in [9.17, 15) is 9.18 Å². The Hall–Kier alpha value is -3.42. The number of aliphatic carboxylic acids is 1. The summed E-state index contributed by atoms with van der Waals surface area (Å²) in [6.45, 7) is 1.55. The monoisotopic (exact) mass is 457 g/mol. The zero-order valence-electron chi connectivity index (χ0n) is 17.6. The van der Waals surface area contributed by atoms with Gasteiger partial charge in [0.05, 0.1) is 27.9 Å². The van der Waals surface area contributed by atoms with Crippen LogP contribution in [0, 0.1) is 11.7 Å². The molecule has 0 amide bonds. The molecule has 2 aromatic heterocycles. The minimum Gasteiger partial charge on any atom is -0.481 e. The third-order valence-corrected chi connectivity index (χ3v) is 7.48. The van der Waals surface area contributed by atoms with Gasteiger partial charge >= 0.3 is 5.97 Å². The summed E-state index contributed by atoms with van der Waals surface area (Å²) >= 11 is 1.46. The van der Waals surface area contributed by atoms with Crippen LogP contribution in [0.15, 0.2) is 72.9 Å². The van der Waals surface area contributed by atoms with E-state index in [1.165, 1.54) is 23.0 Å². The molecule has 7 heteroatoms. The fourth-order valence-electron chi connectivity index (χ4n) is 4.43. The number of carboxylic acid groups (broad SMARTS) is 1. The third kappa shape index (κ3) is 3.53. The number of fused-ring (bicyclic) bond motifs is 1. The SMILES string of the molecule is O=C(O)C1CN(Cc2ccc(-c3nc4cnc(C5(c6ccccc6)C=C5)cc4s3)c(F)c2)C1. The first kappa shape index (κ1) is 20.2. The van der Waals surface area contributed by atoms with E-state index >= 15 is 0 Å². The fraction of sp³-hybridized carbons (Fsp3) is 0.192. The molecule has 0 spiro atoms.